The molecule has 9 heteroatoms. The van der Waals surface area contributed by atoms with E-state index in [0.29, 0.717) is 6.42 Å². The fourth-order valence-corrected chi connectivity index (χ4v) is 4.11. The molecule has 34 heavy (non-hydrogen) atoms. The summed E-state index contributed by atoms with van der Waals surface area (Å²) in [5, 5.41) is 22.8. The predicted octanol–water partition coefficient (Wildman–Crippen LogP) is 2.98. The molecule has 0 aromatic heterocycles. The molecule has 0 unspecified atom stereocenters. The van der Waals surface area contributed by atoms with Gasteiger partial charge in [0.2, 0.25) is 5.91 Å². The van der Waals surface area contributed by atoms with Crippen LogP contribution >= 0.6 is 0 Å². The summed E-state index contributed by atoms with van der Waals surface area (Å²) in [7, 11) is 0. The van der Waals surface area contributed by atoms with E-state index in [1.807, 2.05) is 55.5 Å². The van der Waals surface area contributed by atoms with Gasteiger partial charge in [0.1, 0.15) is 18.7 Å². The van der Waals surface area contributed by atoms with E-state index in [1.165, 1.54) is 0 Å². The van der Waals surface area contributed by atoms with Gasteiger partial charge in [-0.15, -0.1) is 0 Å². The molecular weight excluding hydrogens is 440 g/mol. The van der Waals surface area contributed by atoms with Crippen molar-refractivity contribution in [2.45, 2.75) is 44.7 Å². The number of hydrogen-bond donors (Lipinski definition) is 4. The number of aliphatic carboxylic acids is 2. The molecule has 9 nitrogen and oxygen atoms in total. The zero-order valence-electron chi connectivity index (χ0n) is 19.0. The van der Waals surface area contributed by atoms with E-state index in [2.05, 4.69) is 10.6 Å². The molecule has 2 amide bonds. The molecule has 0 fully saturated rings. The van der Waals surface area contributed by atoms with Crippen LogP contribution in [0.15, 0.2) is 48.5 Å². The van der Waals surface area contributed by atoms with Crippen LogP contribution in [0.2, 0.25) is 0 Å². The summed E-state index contributed by atoms with van der Waals surface area (Å²) in [6.07, 6.45) is -1.08. The fraction of sp³-hybridized carbons (Fsp3) is 0.360. The largest absolute Gasteiger partial charge is 0.481 e. The number of carboxylic acids is 2. The van der Waals surface area contributed by atoms with Crippen LogP contribution < -0.4 is 10.6 Å². The number of carbonyl (C=O) groups excluding carboxylic acids is 2. The van der Waals surface area contributed by atoms with Gasteiger partial charge in [-0.1, -0.05) is 68.8 Å². The van der Waals surface area contributed by atoms with Gasteiger partial charge in [0, 0.05) is 5.92 Å². The van der Waals surface area contributed by atoms with E-state index < -0.39 is 42.4 Å². The zero-order valence-corrected chi connectivity index (χ0v) is 19.0. The van der Waals surface area contributed by atoms with Crippen molar-refractivity contribution in [1.82, 2.24) is 10.6 Å². The minimum atomic E-state index is -1.61. The number of ether oxygens (including phenoxy) is 1. The Morgan fingerprint density at radius 2 is 1.50 bits per heavy atom. The molecule has 0 saturated heterocycles. The zero-order chi connectivity index (χ0) is 24.8. The lowest BCUT2D eigenvalue weighted by Gasteiger charge is -2.25. The molecule has 4 N–H and O–H groups in total. The Morgan fingerprint density at radius 3 is 2.00 bits per heavy atom. The highest BCUT2D eigenvalue weighted by Crippen LogP contribution is 2.44. The average molecular weight is 469 g/mol. The van der Waals surface area contributed by atoms with Crippen molar-refractivity contribution < 1.29 is 34.1 Å². The topological polar surface area (TPSA) is 142 Å². The molecule has 3 rings (SSSR count). The third kappa shape index (κ3) is 5.54. The Balaban J connectivity index is 1.68. The highest BCUT2D eigenvalue weighted by molar-refractivity contribution is 5.91. The summed E-state index contributed by atoms with van der Waals surface area (Å²) in [6.45, 7) is 3.60. The van der Waals surface area contributed by atoms with Crippen molar-refractivity contribution in [1.29, 1.82) is 0 Å². The van der Waals surface area contributed by atoms with Gasteiger partial charge in [-0.05, 0) is 28.2 Å². The molecule has 0 aliphatic heterocycles. The number of rotatable bonds is 10. The van der Waals surface area contributed by atoms with Gasteiger partial charge in [0.05, 0.1) is 6.42 Å². The maximum atomic E-state index is 12.7. The molecule has 0 bridgehead atoms. The molecule has 2 aromatic carbocycles. The molecular formula is C25H28N2O7. The van der Waals surface area contributed by atoms with Crippen molar-refractivity contribution in [2.24, 2.45) is 5.92 Å². The van der Waals surface area contributed by atoms with Gasteiger partial charge in [-0.2, -0.15) is 0 Å². The van der Waals surface area contributed by atoms with Crippen molar-refractivity contribution in [3.8, 4) is 11.1 Å². The molecule has 0 spiro atoms. The SMILES string of the molecule is CC[C@H](C)[C@H](NC(=O)OCC1c2ccccc2-c2ccccc21)C(=O)N[C@@H](CC(=O)O)C(=O)O. The normalized spacial score (nSPS) is 14.8. The Morgan fingerprint density at radius 1 is 0.941 bits per heavy atom. The van der Waals surface area contributed by atoms with Crippen molar-refractivity contribution in [2.75, 3.05) is 6.61 Å². The van der Waals surface area contributed by atoms with Crippen LogP contribution in [0.4, 0.5) is 4.79 Å². The molecule has 0 saturated carbocycles. The number of amides is 2. The molecule has 3 atom stereocenters. The molecule has 0 radical (unpaired) electrons. The van der Waals surface area contributed by atoms with Crippen LogP contribution in [0, 0.1) is 5.92 Å². The summed E-state index contributed by atoms with van der Waals surface area (Å²) in [6, 6.07) is 13.1. The average Bonchev–Trinajstić information content (AvgIpc) is 3.13. The van der Waals surface area contributed by atoms with Gasteiger partial charge in [0.15, 0.2) is 0 Å². The van der Waals surface area contributed by atoms with Crippen LogP contribution in [-0.2, 0) is 19.1 Å². The third-order valence-electron chi connectivity index (χ3n) is 6.11. The maximum Gasteiger partial charge on any atom is 0.407 e. The molecule has 1 aliphatic rings. The van der Waals surface area contributed by atoms with Gasteiger partial charge >= 0.3 is 18.0 Å². The van der Waals surface area contributed by atoms with Crippen LogP contribution in [0.25, 0.3) is 11.1 Å². The number of fused-ring (bicyclic) bond motifs is 3. The Bertz CT molecular complexity index is 1040. The van der Waals surface area contributed by atoms with Crippen molar-refractivity contribution in [3.63, 3.8) is 0 Å². The number of nitrogens with one attached hydrogen (secondary N) is 2. The first-order valence-electron chi connectivity index (χ1n) is 11.1. The lowest BCUT2D eigenvalue weighted by Crippen LogP contribution is -2.54. The first-order chi connectivity index (χ1) is 16.2. The van der Waals surface area contributed by atoms with E-state index >= 15 is 0 Å². The summed E-state index contributed by atoms with van der Waals surface area (Å²) in [4.78, 5) is 47.6. The van der Waals surface area contributed by atoms with Gasteiger partial charge in [-0.3, -0.25) is 9.59 Å². The van der Waals surface area contributed by atoms with Crippen molar-refractivity contribution >= 4 is 23.9 Å². The molecule has 180 valence electrons. The van der Waals surface area contributed by atoms with E-state index in [-0.39, 0.29) is 18.4 Å². The minimum Gasteiger partial charge on any atom is -0.481 e. The van der Waals surface area contributed by atoms with E-state index in [9.17, 15) is 24.3 Å². The Hall–Kier alpha value is -3.88. The van der Waals surface area contributed by atoms with Crippen LogP contribution in [0.5, 0.6) is 0 Å². The molecule has 0 heterocycles. The second kappa shape index (κ2) is 10.8. The standard InChI is InChI=1S/C25H28N2O7/c1-3-14(2)22(23(30)26-20(24(31)32)12-21(28)29)27-25(33)34-13-19-17-10-6-4-8-15(17)16-9-5-7-11-18(16)19/h4-11,14,19-20,22H,3,12-13H2,1-2H3,(H,26,30)(H,27,33)(H,28,29)(H,31,32)/t14-,20-,22-/m0/s1. The number of benzene rings is 2. The first kappa shape index (κ1) is 24.8. The lowest BCUT2D eigenvalue weighted by molar-refractivity contribution is -0.147. The third-order valence-corrected chi connectivity index (χ3v) is 6.11. The van der Waals surface area contributed by atoms with E-state index in [0.717, 1.165) is 22.3 Å². The maximum absolute atomic E-state index is 12.7. The second-order valence-corrected chi connectivity index (χ2v) is 8.33. The van der Waals surface area contributed by atoms with E-state index in [4.69, 9.17) is 9.84 Å². The van der Waals surface area contributed by atoms with Gasteiger partial charge in [-0.25, -0.2) is 9.59 Å². The first-order valence-corrected chi connectivity index (χ1v) is 11.1. The number of carbonyl (C=O) groups is 4. The fourth-order valence-electron chi connectivity index (χ4n) is 4.11. The van der Waals surface area contributed by atoms with Crippen LogP contribution in [-0.4, -0.2) is 52.8 Å². The lowest BCUT2D eigenvalue weighted by atomic mass is 9.97. The summed E-state index contributed by atoms with van der Waals surface area (Å²) in [5.41, 5.74) is 4.26. The Kier molecular flexibility index (Phi) is 7.88. The quantitative estimate of drug-likeness (QED) is 0.420. The van der Waals surface area contributed by atoms with E-state index in [1.54, 1.807) is 6.92 Å². The Labute approximate surface area is 197 Å². The molecule has 2 aromatic rings. The van der Waals surface area contributed by atoms with Gasteiger partial charge in [0.25, 0.3) is 0 Å². The summed E-state index contributed by atoms with van der Waals surface area (Å²) in [5.74, 6) is -4.12. The smallest absolute Gasteiger partial charge is 0.407 e. The predicted molar refractivity (Wildman–Crippen MR) is 123 cm³/mol. The monoisotopic (exact) mass is 468 g/mol. The number of alkyl carbamates (subject to hydrolysis) is 1. The number of carboxylic acid groups (broad SMARTS) is 2. The highest BCUT2D eigenvalue weighted by Gasteiger charge is 2.33. The highest BCUT2D eigenvalue weighted by atomic mass is 16.5. The van der Waals surface area contributed by atoms with Crippen LogP contribution in [0.3, 0.4) is 0 Å². The number of hydrogen-bond acceptors (Lipinski definition) is 5. The van der Waals surface area contributed by atoms with Crippen molar-refractivity contribution in [3.05, 3.63) is 59.7 Å². The molecule has 1 aliphatic carbocycles. The second-order valence-electron chi connectivity index (χ2n) is 8.33. The van der Waals surface area contributed by atoms with Gasteiger partial charge < -0.3 is 25.6 Å². The summed E-state index contributed by atoms with van der Waals surface area (Å²) < 4.78 is 5.49. The van der Waals surface area contributed by atoms with Crippen LogP contribution in [0.1, 0.15) is 43.7 Å². The minimum absolute atomic E-state index is 0.0610. The summed E-state index contributed by atoms with van der Waals surface area (Å²) >= 11 is 0.